The average Bonchev–Trinajstić information content (AvgIpc) is 1.78. The summed E-state index contributed by atoms with van der Waals surface area (Å²) >= 11 is 17.4. The molecule has 2 radical (unpaired) electrons. The maximum absolute atomic E-state index is 5.51. The van der Waals surface area contributed by atoms with Crippen molar-refractivity contribution in [3.05, 3.63) is 0 Å². The molecule has 0 bridgehead atoms. The third-order valence-electron chi connectivity index (χ3n) is 0.972. The average molecular weight is 310 g/mol. The predicted molar refractivity (Wildman–Crippen MR) is 47.2 cm³/mol. The zero-order chi connectivity index (χ0) is 8.04. The topological polar surface area (TPSA) is 9.23 Å². The van der Waals surface area contributed by atoms with Crippen LogP contribution in [0.2, 0.25) is 0 Å². The van der Waals surface area contributed by atoms with Crippen molar-refractivity contribution in [1.29, 1.82) is 0 Å². The molecule has 1 nitrogen and oxygen atoms in total. The van der Waals surface area contributed by atoms with Crippen LogP contribution in [0.1, 0.15) is 19.3 Å². The molecular weight excluding hydrogens is 301 g/mol. The standard InChI is InChI=1S/C5H8Cl3O.Sn.H/c6-5(7,8)3-1-2-4-9;;/h1-4H2;;/q-1;+1;. The first kappa shape index (κ1) is 11.6. The fourth-order valence-electron chi connectivity index (χ4n) is 0.511. The van der Waals surface area contributed by atoms with Crippen LogP contribution in [0.5, 0.6) is 0 Å². The Kier molecular flexibility index (Phi) is 7.19. The number of hydrogen-bond acceptors (Lipinski definition) is 1. The van der Waals surface area contributed by atoms with Gasteiger partial charge in [-0.25, -0.2) is 0 Å². The zero-order valence-electron chi connectivity index (χ0n) is 5.45. The first-order chi connectivity index (χ1) is 4.56. The molecule has 0 amide bonds. The van der Waals surface area contributed by atoms with Crippen molar-refractivity contribution >= 4 is 57.7 Å². The molecule has 0 aliphatic carbocycles. The van der Waals surface area contributed by atoms with Crippen molar-refractivity contribution < 1.29 is 3.07 Å². The van der Waals surface area contributed by atoms with E-state index in [0.717, 1.165) is 42.4 Å². The van der Waals surface area contributed by atoms with E-state index in [2.05, 4.69) is 0 Å². The van der Waals surface area contributed by atoms with Gasteiger partial charge in [0.2, 0.25) is 0 Å². The van der Waals surface area contributed by atoms with Gasteiger partial charge in [0.15, 0.2) is 0 Å². The fraction of sp³-hybridized carbons (Fsp3) is 1.00. The molecule has 10 heavy (non-hydrogen) atoms. The van der Waals surface area contributed by atoms with Gasteiger partial charge in [0.1, 0.15) is 0 Å². The molecule has 0 fully saturated rings. The van der Waals surface area contributed by atoms with Crippen LogP contribution in [-0.4, -0.2) is 33.3 Å². The summed E-state index contributed by atoms with van der Waals surface area (Å²) < 4.78 is 3.88. The van der Waals surface area contributed by atoms with Gasteiger partial charge in [0.25, 0.3) is 0 Å². The molecule has 0 rings (SSSR count). The van der Waals surface area contributed by atoms with Crippen molar-refractivity contribution in [2.24, 2.45) is 0 Å². The van der Waals surface area contributed by atoms with Gasteiger partial charge >= 0.3 is 90.5 Å². The van der Waals surface area contributed by atoms with Crippen molar-refractivity contribution in [3.63, 3.8) is 0 Å². The number of alkyl halides is 3. The molecule has 0 heterocycles. The molecule has 0 saturated heterocycles. The monoisotopic (exact) mass is 310 g/mol. The Hall–Kier alpha value is 1.63. The van der Waals surface area contributed by atoms with Crippen molar-refractivity contribution in [3.8, 4) is 0 Å². The minimum absolute atomic E-state index is 0.613. The Labute approximate surface area is 90.0 Å². The summed E-state index contributed by atoms with van der Waals surface area (Å²) in [6, 6.07) is 0. The second-order valence-corrected chi connectivity index (χ2v) is 5.41. The molecule has 0 aliphatic rings. The molecule has 0 aromatic rings. The molecule has 0 aromatic carbocycles. The van der Waals surface area contributed by atoms with Gasteiger partial charge in [0.05, 0.1) is 0 Å². The minimum atomic E-state index is -1.08. The van der Waals surface area contributed by atoms with Gasteiger partial charge in [0, 0.05) is 0 Å². The Morgan fingerprint density at radius 1 is 1.20 bits per heavy atom. The van der Waals surface area contributed by atoms with Gasteiger partial charge in [-0.05, 0) is 0 Å². The number of rotatable bonds is 4. The first-order valence-corrected chi connectivity index (χ1v) is 5.42. The summed E-state index contributed by atoms with van der Waals surface area (Å²) in [7, 11) is 0. The second-order valence-electron chi connectivity index (χ2n) is 1.94. The van der Waals surface area contributed by atoms with E-state index >= 15 is 0 Å². The Morgan fingerprint density at radius 2 is 1.80 bits per heavy atom. The van der Waals surface area contributed by atoms with Gasteiger partial charge in [-0.3, -0.25) is 0 Å². The van der Waals surface area contributed by atoms with Crippen LogP contribution in [0.25, 0.3) is 0 Å². The SMILES string of the molecule is ClC(Cl)(Cl)CCCC[O][SnH]. The summed E-state index contributed by atoms with van der Waals surface area (Å²) in [5.41, 5.74) is 0. The van der Waals surface area contributed by atoms with Gasteiger partial charge in [-0.2, -0.15) is 0 Å². The normalized spacial score (nSPS) is 12.0. The molecule has 0 atom stereocenters. The van der Waals surface area contributed by atoms with Crippen LogP contribution in [0, 0.1) is 0 Å². The molecule has 0 unspecified atom stereocenters. The predicted octanol–water partition coefficient (Wildman–Crippen LogP) is 2.36. The number of halogens is 3. The molecule has 0 aliphatic heterocycles. The van der Waals surface area contributed by atoms with Crippen molar-refractivity contribution in [2.45, 2.75) is 23.1 Å². The molecule has 0 saturated carbocycles. The van der Waals surface area contributed by atoms with Crippen LogP contribution >= 0.6 is 34.8 Å². The van der Waals surface area contributed by atoms with Gasteiger partial charge in [-0.1, -0.05) is 0 Å². The molecule has 0 N–H and O–H groups in total. The van der Waals surface area contributed by atoms with Crippen LogP contribution < -0.4 is 0 Å². The van der Waals surface area contributed by atoms with E-state index in [0.29, 0.717) is 6.42 Å². The quantitative estimate of drug-likeness (QED) is 0.440. The third kappa shape index (κ3) is 9.63. The second kappa shape index (κ2) is 6.18. The Bertz CT molecular complexity index is 83.5. The van der Waals surface area contributed by atoms with Crippen LogP contribution in [-0.2, 0) is 3.07 Å². The maximum atomic E-state index is 5.51. The first-order valence-electron chi connectivity index (χ1n) is 2.94. The summed E-state index contributed by atoms with van der Waals surface area (Å²) in [5.74, 6) is 0. The Balaban J connectivity index is 3.04. The van der Waals surface area contributed by atoms with Crippen LogP contribution in [0.3, 0.4) is 0 Å². The molecule has 0 spiro atoms. The van der Waals surface area contributed by atoms with Crippen LogP contribution in [0.15, 0.2) is 0 Å². The summed E-state index contributed by atoms with van der Waals surface area (Å²) in [6.07, 6.45) is 2.51. The third-order valence-corrected chi connectivity index (χ3v) is 2.21. The molecule has 60 valence electrons. The molecule has 5 heteroatoms. The molecular formula is C5H9Cl3OSn. The van der Waals surface area contributed by atoms with E-state index in [1.54, 1.807) is 0 Å². The zero-order valence-corrected chi connectivity index (χ0v) is 11.0. The summed E-state index contributed by atoms with van der Waals surface area (Å²) in [4.78, 5) is 0. The molecule has 0 aromatic heterocycles. The van der Waals surface area contributed by atoms with Crippen molar-refractivity contribution in [1.82, 2.24) is 0 Å². The summed E-state index contributed by atoms with van der Waals surface area (Å²) in [5, 5.41) is 0. The van der Waals surface area contributed by atoms with E-state index in [1.807, 2.05) is 0 Å². The van der Waals surface area contributed by atoms with E-state index in [-0.39, 0.29) is 0 Å². The van der Waals surface area contributed by atoms with Crippen LogP contribution in [0.4, 0.5) is 0 Å². The van der Waals surface area contributed by atoms with E-state index in [4.69, 9.17) is 37.9 Å². The fourth-order valence-corrected chi connectivity index (χ4v) is 1.39. The van der Waals surface area contributed by atoms with E-state index in [1.165, 1.54) is 0 Å². The van der Waals surface area contributed by atoms with E-state index < -0.39 is 3.79 Å². The van der Waals surface area contributed by atoms with Gasteiger partial charge < -0.3 is 0 Å². The van der Waals surface area contributed by atoms with Crippen molar-refractivity contribution in [2.75, 3.05) is 6.61 Å². The van der Waals surface area contributed by atoms with Gasteiger partial charge in [-0.15, -0.1) is 0 Å². The summed E-state index contributed by atoms with van der Waals surface area (Å²) in [6.45, 7) is 0.795. The van der Waals surface area contributed by atoms with E-state index in [9.17, 15) is 0 Å². The Morgan fingerprint density at radius 3 is 2.20 bits per heavy atom. The number of hydrogen-bond donors (Lipinski definition) is 0. The number of unbranched alkanes of at least 4 members (excludes halogenated alkanes) is 1.